The average Bonchev–Trinajstić information content (AvgIpc) is 2.29. The Morgan fingerprint density at radius 1 is 1.35 bits per heavy atom. The first-order valence-corrected chi connectivity index (χ1v) is 6.95. The van der Waals surface area contributed by atoms with E-state index in [4.69, 9.17) is 11.0 Å². The smallest absolute Gasteiger partial charge is 0.235 e. The minimum absolute atomic E-state index is 0.159. The van der Waals surface area contributed by atoms with Gasteiger partial charge in [-0.05, 0) is 31.0 Å². The van der Waals surface area contributed by atoms with E-state index >= 15 is 0 Å². The van der Waals surface area contributed by atoms with Crippen LogP contribution in [0, 0.1) is 11.3 Å². The fourth-order valence-corrected chi connectivity index (χ4v) is 3.57. The van der Waals surface area contributed by atoms with Gasteiger partial charge in [-0.1, -0.05) is 0 Å². The summed E-state index contributed by atoms with van der Waals surface area (Å²) in [4.78, 5) is 0. The van der Waals surface area contributed by atoms with Crippen molar-refractivity contribution in [2.75, 3.05) is 22.3 Å². The normalized spacial score (nSPS) is 18.6. The van der Waals surface area contributed by atoms with Gasteiger partial charge >= 0.3 is 0 Å². The molecule has 2 N–H and O–H groups in total. The predicted octanol–water partition coefficient (Wildman–Crippen LogP) is 1.07. The van der Waals surface area contributed by atoms with Crippen LogP contribution >= 0.6 is 0 Å². The van der Waals surface area contributed by atoms with Crippen LogP contribution in [0.4, 0.5) is 11.4 Å². The lowest BCUT2D eigenvalue weighted by Crippen LogP contribution is -2.38. The number of anilines is 2. The van der Waals surface area contributed by atoms with Gasteiger partial charge in [-0.25, -0.2) is 8.42 Å². The second-order valence-electron chi connectivity index (χ2n) is 3.98. The molecule has 0 radical (unpaired) electrons. The molecule has 2 rings (SSSR count). The molecule has 1 aromatic rings. The molecule has 1 fully saturated rings. The third-order valence-electron chi connectivity index (χ3n) is 2.77. The standard InChI is InChI=1S/C11H13N3O2S/c12-8-9-3-4-11(10(13)7-9)14-5-1-2-6-17(14,15)16/h3-4,7H,1-2,5-6,13H2. The van der Waals surface area contributed by atoms with Gasteiger partial charge in [-0.2, -0.15) is 5.26 Å². The molecule has 0 aromatic heterocycles. The van der Waals surface area contributed by atoms with Crippen LogP contribution in [0.2, 0.25) is 0 Å². The molecule has 0 spiro atoms. The van der Waals surface area contributed by atoms with Gasteiger partial charge in [0.2, 0.25) is 10.0 Å². The van der Waals surface area contributed by atoms with Gasteiger partial charge in [-0.15, -0.1) is 0 Å². The minimum atomic E-state index is -3.25. The number of nitrogens with two attached hydrogens (primary N) is 1. The van der Waals surface area contributed by atoms with Crippen molar-refractivity contribution in [1.82, 2.24) is 0 Å². The summed E-state index contributed by atoms with van der Waals surface area (Å²) in [5, 5.41) is 8.73. The Hall–Kier alpha value is -1.74. The number of nitrogen functional groups attached to an aromatic ring is 1. The number of nitriles is 1. The highest BCUT2D eigenvalue weighted by atomic mass is 32.2. The summed E-state index contributed by atoms with van der Waals surface area (Å²) >= 11 is 0. The van der Waals surface area contributed by atoms with E-state index in [0.717, 1.165) is 6.42 Å². The number of hydrogen-bond donors (Lipinski definition) is 1. The first kappa shape index (κ1) is 11.7. The number of sulfonamides is 1. The summed E-state index contributed by atoms with van der Waals surface area (Å²) in [5.41, 5.74) is 7.03. The largest absolute Gasteiger partial charge is 0.397 e. The maximum Gasteiger partial charge on any atom is 0.235 e. The Bertz CT molecular complexity index is 575. The van der Waals surface area contributed by atoms with Crippen molar-refractivity contribution in [3.05, 3.63) is 23.8 Å². The number of rotatable bonds is 1. The van der Waals surface area contributed by atoms with Gasteiger partial charge in [0.1, 0.15) is 0 Å². The van der Waals surface area contributed by atoms with E-state index in [2.05, 4.69) is 0 Å². The fourth-order valence-electron chi connectivity index (χ4n) is 1.91. The van der Waals surface area contributed by atoms with Crippen LogP contribution in [0.3, 0.4) is 0 Å². The fraction of sp³-hybridized carbons (Fsp3) is 0.364. The highest BCUT2D eigenvalue weighted by molar-refractivity contribution is 7.92. The molecule has 0 amide bonds. The highest BCUT2D eigenvalue weighted by Crippen LogP contribution is 2.29. The molecule has 17 heavy (non-hydrogen) atoms. The van der Waals surface area contributed by atoms with Gasteiger partial charge in [-0.3, -0.25) is 4.31 Å². The minimum Gasteiger partial charge on any atom is -0.397 e. The van der Waals surface area contributed by atoms with Crippen LogP contribution in [0.15, 0.2) is 18.2 Å². The van der Waals surface area contributed by atoms with Crippen molar-refractivity contribution in [2.24, 2.45) is 0 Å². The lowest BCUT2D eigenvalue weighted by Gasteiger charge is -2.29. The Balaban J connectivity index is 2.44. The van der Waals surface area contributed by atoms with E-state index in [0.29, 0.717) is 29.9 Å². The third kappa shape index (κ3) is 2.19. The molecule has 0 unspecified atom stereocenters. The van der Waals surface area contributed by atoms with Gasteiger partial charge in [0.05, 0.1) is 28.8 Å². The molecule has 0 aliphatic carbocycles. The first-order valence-electron chi connectivity index (χ1n) is 5.34. The number of hydrogen-bond acceptors (Lipinski definition) is 4. The first-order chi connectivity index (χ1) is 8.04. The zero-order valence-corrected chi connectivity index (χ0v) is 10.1. The molecule has 1 aliphatic heterocycles. The summed E-state index contributed by atoms with van der Waals surface area (Å²) in [5.74, 6) is 0.159. The average molecular weight is 251 g/mol. The Morgan fingerprint density at radius 2 is 2.12 bits per heavy atom. The molecule has 1 aromatic carbocycles. The second kappa shape index (κ2) is 4.26. The maximum absolute atomic E-state index is 11.9. The molecule has 1 saturated heterocycles. The van der Waals surface area contributed by atoms with E-state index in [9.17, 15) is 8.42 Å². The summed E-state index contributed by atoms with van der Waals surface area (Å²) in [7, 11) is -3.25. The summed E-state index contributed by atoms with van der Waals surface area (Å²) < 4.78 is 25.1. The molecule has 1 aliphatic rings. The highest BCUT2D eigenvalue weighted by Gasteiger charge is 2.27. The van der Waals surface area contributed by atoms with Crippen molar-refractivity contribution in [1.29, 1.82) is 5.26 Å². The summed E-state index contributed by atoms with van der Waals surface area (Å²) in [6, 6.07) is 6.64. The van der Waals surface area contributed by atoms with E-state index in [1.54, 1.807) is 12.1 Å². The van der Waals surface area contributed by atoms with E-state index in [-0.39, 0.29) is 5.75 Å². The van der Waals surface area contributed by atoms with Gasteiger partial charge in [0.15, 0.2) is 0 Å². The van der Waals surface area contributed by atoms with Gasteiger partial charge in [0, 0.05) is 6.54 Å². The quantitative estimate of drug-likeness (QED) is 0.756. The van der Waals surface area contributed by atoms with Crippen LogP contribution < -0.4 is 10.0 Å². The lowest BCUT2D eigenvalue weighted by molar-refractivity contribution is 0.574. The van der Waals surface area contributed by atoms with Crippen molar-refractivity contribution in [3.63, 3.8) is 0 Å². The van der Waals surface area contributed by atoms with Crippen molar-refractivity contribution < 1.29 is 8.42 Å². The monoisotopic (exact) mass is 251 g/mol. The van der Waals surface area contributed by atoms with Gasteiger partial charge < -0.3 is 5.73 Å². The van der Waals surface area contributed by atoms with Crippen LogP contribution in [0.1, 0.15) is 18.4 Å². The molecule has 0 saturated carbocycles. The Labute approximate surface area is 101 Å². The zero-order chi connectivity index (χ0) is 12.5. The molecule has 6 heteroatoms. The van der Waals surface area contributed by atoms with Crippen LogP contribution in [-0.4, -0.2) is 20.7 Å². The predicted molar refractivity (Wildman–Crippen MR) is 65.9 cm³/mol. The molecule has 0 bridgehead atoms. The van der Waals surface area contributed by atoms with E-state index in [1.165, 1.54) is 10.4 Å². The van der Waals surface area contributed by atoms with Crippen LogP contribution in [0.5, 0.6) is 0 Å². The molecule has 5 nitrogen and oxygen atoms in total. The van der Waals surface area contributed by atoms with E-state index in [1.807, 2.05) is 6.07 Å². The summed E-state index contributed by atoms with van der Waals surface area (Å²) in [6.07, 6.45) is 1.52. The molecule has 0 atom stereocenters. The van der Waals surface area contributed by atoms with Crippen LogP contribution in [-0.2, 0) is 10.0 Å². The van der Waals surface area contributed by atoms with Crippen molar-refractivity contribution in [2.45, 2.75) is 12.8 Å². The molecule has 1 heterocycles. The third-order valence-corrected chi connectivity index (χ3v) is 4.63. The topological polar surface area (TPSA) is 87.2 Å². The molecular weight excluding hydrogens is 238 g/mol. The summed E-state index contributed by atoms with van der Waals surface area (Å²) in [6.45, 7) is 0.457. The second-order valence-corrected chi connectivity index (χ2v) is 5.99. The zero-order valence-electron chi connectivity index (χ0n) is 9.26. The number of nitrogens with zero attached hydrogens (tertiary/aromatic N) is 2. The SMILES string of the molecule is N#Cc1ccc(N2CCCCS2(=O)=O)c(N)c1. The maximum atomic E-state index is 11.9. The molecular formula is C11H13N3O2S. The van der Waals surface area contributed by atoms with Crippen molar-refractivity contribution in [3.8, 4) is 6.07 Å². The number of benzene rings is 1. The Morgan fingerprint density at radius 3 is 2.71 bits per heavy atom. The van der Waals surface area contributed by atoms with Crippen LogP contribution in [0.25, 0.3) is 0 Å². The van der Waals surface area contributed by atoms with Gasteiger partial charge in [0.25, 0.3) is 0 Å². The molecule has 90 valence electrons. The van der Waals surface area contributed by atoms with E-state index < -0.39 is 10.0 Å². The Kier molecular flexibility index (Phi) is 2.94. The van der Waals surface area contributed by atoms with Crippen molar-refractivity contribution >= 4 is 21.4 Å². The lowest BCUT2D eigenvalue weighted by atomic mass is 10.2.